The van der Waals surface area contributed by atoms with E-state index in [2.05, 4.69) is 4.98 Å². The van der Waals surface area contributed by atoms with Gasteiger partial charge in [0.25, 0.3) is 5.91 Å². The highest BCUT2D eigenvalue weighted by atomic mass is 35.5. The molecule has 0 aliphatic rings. The molecule has 2 rings (SSSR count). The Morgan fingerprint density at radius 3 is 2.45 bits per heavy atom. The van der Waals surface area contributed by atoms with Crippen molar-refractivity contribution in [1.82, 2.24) is 9.88 Å². The van der Waals surface area contributed by atoms with E-state index in [0.717, 1.165) is 5.56 Å². The Kier molecular flexibility index (Phi) is 4.83. The predicted octanol–water partition coefficient (Wildman–Crippen LogP) is 3.32. The molecule has 0 fully saturated rings. The molecule has 7 heteroatoms. The van der Waals surface area contributed by atoms with Crippen LogP contribution in [0.15, 0.2) is 24.3 Å². The summed E-state index contributed by atoms with van der Waals surface area (Å²) in [6, 6.07) is 6.28. The van der Waals surface area contributed by atoms with Crippen molar-refractivity contribution in [2.24, 2.45) is 0 Å². The molecule has 0 aliphatic heterocycles. The molecule has 1 aromatic carbocycles. The van der Waals surface area contributed by atoms with E-state index in [1.165, 1.54) is 30.2 Å². The highest BCUT2D eigenvalue weighted by Gasteiger charge is 2.26. The van der Waals surface area contributed by atoms with Crippen LogP contribution < -0.4 is 0 Å². The third kappa shape index (κ3) is 3.28. The fraction of sp³-hybridized carbons (Fsp3) is 0.267. The second kappa shape index (κ2) is 6.46. The molecule has 0 saturated heterocycles. The number of aromatic nitrogens is 1. The van der Waals surface area contributed by atoms with Crippen molar-refractivity contribution in [3.8, 4) is 10.6 Å². The first kappa shape index (κ1) is 16.5. The zero-order chi connectivity index (χ0) is 16.4. The first-order valence-corrected chi connectivity index (χ1v) is 7.74. The van der Waals surface area contributed by atoms with Crippen molar-refractivity contribution in [2.45, 2.75) is 19.9 Å². The van der Waals surface area contributed by atoms with Crippen LogP contribution in [-0.2, 0) is 4.79 Å². The van der Waals surface area contributed by atoms with Crippen LogP contribution in [-0.4, -0.2) is 40.0 Å². The lowest BCUT2D eigenvalue weighted by Crippen LogP contribution is -2.40. The second-order valence-corrected chi connectivity index (χ2v) is 6.31. The van der Waals surface area contributed by atoms with Gasteiger partial charge in [-0.15, -0.1) is 11.3 Å². The van der Waals surface area contributed by atoms with Crippen molar-refractivity contribution in [3.63, 3.8) is 0 Å². The molecule has 5 nitrogen and oxygen atoms in total. The first-order valence-electron chi connectivity index (χ1n) is 6.54. The number of aryl methyl sites for hydroxylation is 1. The fourth-order valence-electron chi connectivity index (χ4n) is 1.81. The average molecular weight is 339 g/mol. The zero-order valence-electron chi connectivity index (χ0n) is 12.3. The lowest BCUT2D eigenvalue weighted by Gasteiger charge is -2.20. The Morgan fingerprint density at radius 1 is 1.32 bits per heavy atom. The minimum Gasteiger partial charge on any atom is -0.480 e. The number of rotatable bonds is 4. The molecular weight excluding hydrogens is 324 g/mol. The van der Waals surface area contributed by atoms with Crippen LogP contribution in [0.3, 0.4) is 0 Å². The maximum Gasteiger partial charge on any atom is 0.326 e. The second-order valence-electron chi connectivity index (χ2n) is 4.87. The van der Waals surface area contributed by atoms with Crippen molar-refractivity contribution in [1.29, 1.82) is 0 Å². The van der Waals surface area contributed by atoms with Crippen LogP contribution in [0.1, 0.15) is 22.3 Å². The van der Waals surface area contributed by atoms with E-state index in [9.17, 15) is 9.59 Å². The summed E-state index contributed by atoms with van der Waals surface area (Å²) in [7, 11) is 1.47. The Labute approximate surface area is 137 Å². The number of carboxylic acids is 1. The summed E-state index contributed by atoms with van der Waals surface area (Å²) >= 11 is 7.10. The summed E-state index contributed by atoms with van der Waals surface area (Å²) in [4.78, 5) is 29.5. The molecule has 0 spiro atoms. The van der Waals surface area contributed by atoms with Crippen molar-refractivity contribution in [3.05, 3.63) is 39.9 Å². The van der Waals surface area contributed by atoms with Gasteiger partial charge in [0.2, 0.25) is 0 Å². The Morgan fingerprint density at radius 2 is 1.91 bits per heavy atom. The SMILES string of the molecule is Cc1nc(-c2ccc(Cl)cc2)sc1C(=O)N(C)C(C)C(=O)O. The molecule has 0 radical (unpaired) electrons. The maximum absolute atomic E-state index is 12.4. The molecule has 1 aromatic heterocycles. The van der Waals surface area contributed by atoms with Gasteiger partial charge in [0.1, 0.15) is 15.9 Å². The number of carbonyl (C=O) groups excluding carboxylic acids is 1. The summed E-state index contributed by atoms with van der Waals surface area (Å²) in [6.07, 6.45) is 0. The quantitative estimate of drug-likeness (QED) is 0.928. The Hall–Kier alpha value is -1.92. The van der Waals surface area contributed by atoms with Gasteiger partial charge in [0.15, 0.2) is 0 Å². The van der Waals surface area contributed by atoms with Crippen molar-refractivity contribution < 1.29 is 14.7 Å². The Balaban J connectivity index is 2.32. The van der Waals surface area contributed by atoms with E-state index in [1.807, 2.05) is 12.1 Å². The summed E-state index contributed by atoms with van der Waals surface area (Å²) < 4.78 is 0. The zero-order valence-corrected chi connectivity index (χ0v) is 13.9. The summed E-state index contributed by atoms with van der Waals surface area (Å²) in [5.41, 5.74) is 1.45. The number of carboxylic acid groups (broad SMARTS) is 1. The minimum atomic E-state index is -1.05. The summed E-state index contributed by atoms with van der Waals surface area (Å²) in [6.45, 7) is 3.21. The molecule has 1 heterocycles. The molecule has 0 aliphatic carbocycles. The average Bonchev–Trinajstić information content (AvgIpc) is 2.87. The van der Waals surface area contributed by atoms with Gasteiger partial charge >= 0.3 is 5.97 Å². The maximum atomic E-state index is 12.4. The highest BCUT2D eigenvalue weighted by molar-refractivity contribution is 7.17. The smallest absolute Gasteiger partial charge is 0.326 e. The number of hydrogen-bond donors (Lipinski definition) is 1. The van der Waals surface area contributed by atoms with Crippen LogP contribution >= 0.6 is 22.9 Å². The number of hydrogen-bond acceptors (Lipinski definition) is 4. The Bertz CT molecular complexity index is 712. The first-order chi connectivity index (χ1) is 10.3. The molecule has 1 amide bonds. The highest BCUT2D eigenvalue weighted by Crippen LogP contribution is 2.29. The van der Waals surface area contributed by atoms with E-state index in [1.54, 1.807) is 19.1 Å². The van der Waals surface area contributed by atoms with Crippen LogP contribution in [0.25, 0.3) is 10.6 Å². The van der Waals surface area contributed by atoms with Gasteiger partial charge in [-0.25, -0.2) is 9.78 Å². The third-order valence-corrected chi connectivity index (χ3v) is 4.79. The van der Waals surface area contributed by atoms with E-state index >= 15 is 0 Å². The van der Waals surface area contributed by atoms with Gasteiger partial charge in [0.05, 0.1) is 5.69 Å². The van der Waals surface area contributed by atoms with Gasteiger partial charge in [0, 0.05) is 17.6 Å². The number of amides is 1. The number of likely N-dealkylation sites (N-methyl/N-ethyl adjacent to an activating group) is 1. The molecular formula is C15H15ClN2O3S. The molecule has 2 aromatic rings. The van der Waals surface area contributed by atoms with E-state index in [-0.39, 0.29) is 5.91 Å². The molecule has 0 bridgehead atoms. The summed E-state index contributed by atoms with van der Waals surface area (Å²) in [5.74, 6) is -1.39. The van der Waals surface area contributed by atoms with E-state index < -0.39 is 12.0 Å². The van der Waals surface area contributed by atoms with Gasteiger partial charge in [-0.1, -0.05) is 23.7 Å². The van der Waals surface area contributed by atoms with Crippen molar-refractivity contribution >= 4 is 34.8 Å². The molecule has 22 heavy (non-hydrogen) atoms. The summed E-state index contributed by atoms with van der Waals surface area (Å²) in [5, 5.41) is 10.3. The van der Waals surface area contributed by atoms with E-state index in [4.69, 9.17) is 16.7 Å². The van der Waals surface area contributed by atoms with Gasteiger partial charge in [-0.2, -0.15) is 0 Å². The number of halogens is 1. The largest absolute Gasteiger partial charge is 0.480 e. The normalized spacial score (nSPS) is 12.0. The number of carbonyl (C=O) groups is 2. The molecule has 1 atom stereocenters. The van der Waals surface area contributed by atoms with Crippen molar-refractivity contribution in [2.75, 3.05) is 7.05 Å². The van der Waals surface area contributed by atoms with E-state index in [0.29, 0.717) is 20.6 Å². The lowest BCUT2D eigenvalue weighted by atomic mass is 10.2. The lowest BCUT2D eigenvalue weighted by molar-refractivity contribution is -0.141. The number of aliphatic carboxylic acids is 1. The molecule has 1 unspecified atom stereocenters. The van der Waals surface area contributed by atoms with Crippen LogP contribution in [0.4, 0.5) is 0 Å². The predicted molar refractivity (Wildman–Crippen MR) is 86.5 cm³/mol. The van der Waals surface area contributed by atoms with Gasteiger partial charge in [-0.3, -0.25) is 4.79 Å². The topological polar surface area (TPSA) is 70.5 Å². The number of nitrogens with zero attached hydrogens (tertiary/aromatic N) is 2. The molecule has 0 saturated carbocycles. The van der Waals surface area contributed by atoms with Crippen LogP contribution in [0.5, 0.6) is 0 Å². The molecule has 1 N–H and O–H groups in total. The number of thiazole rings is 1. The number of benzene rings is 1. The van der Waals surface area contributed by atoms with Gasteiger partial charge < -0.3 is 10.0 Å². The molecule has 116 valence electrons. The van der Waals surface area contributed by atoms with Crippen LogP contribution in [0.2, 0.25) is 5.02 Å². The minimum absolute atomic E-state index is 0.342. The third-order valence-electron chi connectivity index (χ3n) is 3.34. The fourth-order valence-corrected chi connectivity index (χ4v) is 2.99. The standard InChI is InChI=1S/C15H15ClN2O3S/c1-8-12(14(19)18(3)9(2)15(20)21)22-13(17-8)10-4-6-11(16)7-5-10/h4-7,9H,1-3H3,(H,20,21). The van der Waals surface area contributed by atoms with Gasteiger partial charge in [-0.05, 0) is 26.0 Å². The monoisotopic (exact) mass is 338 g/mol. The van der Waals surface area contributed by atoms with Crippen LogP contribution in [0, 0.1) is 6.92 Å².